The number of esters is 1. The number of alkyl halides is 3. The largest absolute Gasteiger partial charge is 0.465 e. The third-order valence-electron chi connectivity index (χ3n) is 3.18. The molecule has 2 aromatic rings. The summed E-state index contributed by atoms with van der Waals surface area (Å²) in [4.78, 5) is 26.9. The van der Waals surface area contributed by atoms with Crippen LogP contribution < -0.4 is 0 Å². The SMILES string of the molecule is CCOC(=O)C(CC(F)(F)F)C(=O)c1c[nH]c2ccccc12. The van der Waals surface area contributed by atoms with Crippen LogP contribution in [0, 0.1) is 5.92 Å². The minimum absolute atomic E-state index is 0.0536. The van der Waals surface area contributed by atoms with Crippen LogP contribution in [0.3, 0.4) is 0 Å². The van der Waals surface area contributed by atoms with E-state index in [4.69, 9.17) is 0 Å². The van der Waals surface area contributed by atoms with E-state index in [1.165, 1.54) is 13.1 Å². The van der Waals surface area contributed by atoms with E-state index in [9.17, 15) is 22.8 Å². The van der Waals surface area contributed by atoms with Gasteiger partial charge in [0.2, 0.25) is 0 Å². The number of ether oxygens (including phenoxy) is 1. The van der Waals surface area contributed by atoms with Crippen molar-refractivity contribution < 1.29 is 27.5 Å². The number of fused-ring (bicyclic) bond motifs is 1. The number of aromatic amines is 1. The molecule has 1 atom stereocenters. The smallest absolute Gasteiger partial charge is 0.390 e. The van der Waals surface area contributed by atoms with Gasteiger partial charge in [0.25, 0.3) is 0 Å². The molecule has 1 heterocycles. The van der Waals surface area contributed by atoms with Crippen molar-refractivity contribution in [1.82, 2.24) is 4.98 Å². The summed E-state index contributed by atoms with van der Waals surface area (Å²) in [6.45, 7) is 1.38. The molecule has 0 fully saturated rings. The zero-order valence-corrected chi connectivity index (χ0v) is 11.7. The third kappa shape index (κ3) is 3.47. The van der Waals surface area contributed by atoms with E-state index in [0.29, 0.717) is 10.9 Å². The number of hydrogen-bond donors (Lipinski definition) is 1. The lowest BCUT2D eigenvalue weighted by atomic mass is 9.94. The second-order valence-corrected chi connectivity index (χ2v) is 4.74. The highest BCUT2D eigenvalue weighted by Gasteiger charge is 2.41. The molecule has 0 aliphatic carbocycles. The maximum absolute atomic E-state index is 12.7. The summed E-state index contributed by atoms with van der Waals surface area (Å²) < 4.78 is 42.6. The summed E-state index contributed by atoms with van der Waals surface area (Å²) >= 11 is 0. The Kier molecular flexibility index (Phi) is 4.54. The summed E-state index contributed by atoms with van der Waals surface area (Å²) in [5.74, 6) is -3.94. The Bertz CT molecular complexity index is 691. The van der Waals surface area contributed by atoms with E-state index in [1.807, 2.05) is 0 Å². The average molecular weight is 313 g/mol. The number of halogens is 3. The van der Waals surface area contributed by atoms with E-state index in [2.05, 4.69) is 9.72 Å². The lowest BCUT2D eigenvalue weighted by molar-refractivity contribution is -0.163. The van der Waals surface area contributed by atoms with Crippen LogP contribution in [0.15, 0.2) is 30.5 Å². The van der Waals surface area contributed by atoms with Gasteiger partial charge in [-0.15, -0.1) is 0 Å². The number of benzene rings is 1. The van der Waals surface area contributed by atoms with Crippen molar-refractivity contribution in [2.75, 3.05) is 6.61 Å². The molecule has 22 heavy (non-hydrogen) atoms. The van der Waals surface area contributed by atoms with E-state index in [1.54, 1.807) is 24.3 Å². The molecule has 7 heteroatoms. The quantitative estimate of drug-likeness (QED) is 0.522. The lowest BCUT2D eigenvalue weighted by Gasteiger charge is -2.16. The zero-order chi connectivity index (χ0) is 16.3. The van der Waals surface area contributed by atoms with Crippen molar-refractivity contribution in [1.29, 1.82) is 0 Å². The van der Waals surface area contributed by atoms with Gasteiger partial charge in [0.15, 0.2) is 5.78 Å². The summed E-state index contributed by atoms with van der Waals surface area (Å²) in [7, 11) is 0. The highest BCUT2D eigenvalue weighted by molar-refractivity contribution is 6.15. The summed E-state index contributed by atoms with van der Waals surface area (Å²) in [5.41, 5.74) is 0.665. The fourth-order valence-corrected chi connectivity index (χ4v) is 2.22. The first-order valence-corrected chi connectivity index (χ1v) is 6.67. The molecule has 0 bridgehead atoms. The number of H-pyrrole nitrogens is 1. The Morgan fingerprint density at radius 1 is 1.27 bits per heavy atom. The predicted molar refractivity (Wildman–Crippen MR) is 73.4 cm³/mol. The van der Waals surface area contributed by atoms with Crippen LogP contribution in [0.4, 0.5) is 13.2 Å². The molecule has 2 rings (SSSR count). The van der Waals surface area contributed by atoms with Crippen LogP contribution in [-0.2, 0) is 9.53 Å². The van der Waals surface area contributed by atoms with Crippen LogP contribution in [0.1, 0.15) is 23.7 Å². The Balaban J connectivity index is 2.38. The third-order valence-corrected chi connectivity index (χ3v) is 3.18. The molecule has 4 nitrogen and oxygen atoms in total. The first kappa shape index (κ1) is 16.1. The monoisotopic (exact) mass is 313 g/mol. The van der Waals surface area contributed by atoms with E-state index in [-0.39, 0.29) is 12.2 Å². The molecule has 1 unspecified atom stereocenters. The fraction of sp³-hybridized carbons (Fsp3) is 0.333. The summed E-state index contributed by atoms with van der Waals surface area (Å²) in [5, 5.41) is 0.476. The highest BCUT2D eigenvalue weighted by Crippen LogP contribution is 2.30. The minimum Gasteiger partial charge on any atom is -0.465 e. The molecular weight excluding hydrogens is 299 g/mol. The Morgan fingerprint density at radius 2 is 1.95 bits per heavy atom. The minimum atomic E-state index is -4.64. The first-order chi connectivity index (χ1) is 10.3. The zero-order valence-electron chi connectivity index (χ0n) is 11.7. The summed E-state index contributed by atoms with van der Waals surface area (Å²) in [6, 6.07) is 6.69. The average Bonchev–Trinajstić information content (AvgIpc) is 2.87. The maximum Gasteiger partial charge on any atom is 0.390 e. The molecular formula is C15H14F3NO3. The van der Waals surface area contributed by atoms with E-state index >= 15 is 0 Å². The highest BCUT2D eigenvalue weighted by atomic mass is 19.4. The topological polar surface area (TPSA) is 59.2 Å². The predicted octanol–water partition coefficient (Wildman–Crippen LogP) is 3.48. The maximum atomic E-state index is 12.7. The molecule has 1 N–H and O–H groups in total. The number of carbonyl (C=O) groups excluding carboxylic acids is 2. The fourth-order valence-electron chi connectivity index (χ4n) is 2.22. The van der Waals surface area contributed by atoms with Gasteiger partial charge in [-0.3, -0.25) is 9.59 Å². The van der Waals surface area contributed by atoms with Gasteiger partial charge < -0.3 is 9.72 Å². The van der Waals surface area contributed by atoms with Crippen molar-refractivity contribution in [2.45, 2.75) is 19.5 Å². The molecule has 0 aliphatic heterocycles. The van der Waals surface area contributed by atoms with Crippen molar-refractivity contribution in [3.05, 3.63) is 36.0 Å². The van der Waals surface area contributed by atoms with Gasteiger partial charge in [0, 0.05) is 22.7 Å². The number of aromatic nitrogens is 1. The molecule has 0 saturated heterocycles. The van der Waals surface area contributed by atoms with Gasteiger partial charge in [-0.25, -0.2) is 0 Å². The van der Waals surface area contributed by atoms with Gasteiger partial charge >= 0.3 is 12.1 Å². The molecule has 0 radical (unpaired) electrons. The standard InChI is InChI=1S/C15H14F3NO3/c1-2-22-14(21)10(7-15(16,17)18)13(20)11-8-19-12-6-4-3-5-9(11)12/h3-6,8,10,19H,2,7H2,1H3. The Labute approximate surface area is 124 Å². The number of hydrogen-bond acceptors (Lipinski definition) is 3. The van der Waals surface area contributed by atoms with Crippen molar-refractivity contribution >= 4 is 22.7 Å². The van der Waals surface area contributed by atoms with Crippen LogP contribution >= 0.6 is 0 Å². The molecule has 0 aliphatic rings. The number of para-hydroxylation sites is 1. The molecule has 1 aromatic heterocycles. The molecule has 0 saturated carbocycles. The number of carbonyl (C=O) groups is 2. The van der Waals surface area contributed by atoms with Crippen molar-refractivity contribution in [3.63, 3.8) is 0 Å². The second-order valence-electron chi connectivity index (χ2n) is 4.74. The summed E-state index contributed by atoms with van der Waals surface area (Å²) in [6.07, 6.45) is -4.86. The van der Waals surface area contributed by atoms with Gasteiger partial charge in [0.1, 0.15) is 5.92 Å². The van der Waals surface area contributed by atoms with Crippen LogP contribution in [0.2, 0.25) is 0 Å². The molecule has 0 amide bonds. The van der Waals surface area contributed by atoms with Gasteiger partial charge in [-0.2, -0.15) is 13.2 Å². The number of ketones is 1. The van der Waals surface area contributed by atoms with E-state index < -0.39 is 30.3 Å². The number of Topliss-reactive ketones (excluding diaryl/α,β-unsaturated/α-hetero) is 1. The molecule has 0 spiro atoms. The van der Waals surface area contributed by atoms with Crippen molar-refractivity contribution in [3.8, 4) is 0 Å². The number of nitrogens with one attached hydrogen (secondary N) is 1. The van der Waals surface area contributed by atoms with Crippen LogP contribution in [-0.4, -0.2) is 29.5 Å². The normalized spacial score (nSPS) is 13.1. The van der Waals surface area contributed by atoms with Crippen LogP contribution in [0.25, 0.3) is 10.9 Å². The van der Waals surface area contributed by atoms with Gasteiger partial charge in [-0.05, 0) is 13.0 Å². The van der Waals surface area contributed by atoms with Crippen LogP contribution in [0.5, 0.6) is 0 Å². The Morgan fingerprint density at radius 3 is 2.59 bits per heavy atom. The Hall–Kier alpha value is -2.31. The lowest BCUT2D eigenvalue weighted by Crippen LogP contribution is -2.31. The molecule has 118 valence electrons. The van der Waals surface area contributed by atoms with Gasteiger partial charge in [-0.1, -0.05) is 18.2 Å². The van der Waals surface area contributed by atoms with Gasteiger partial charge in [0.05, 0.1) is 13.0 Å². The van der Waals surface area contributed by atoms with Crippen molar-refractivity contribution in [2.24, 2.45) is 5.92 Å². The van der Waals surface area contributed by atoms with E-state index in [0.717, 1.165) is 0 Å². The molecule has 1 aromatic carbocycles. The first-order valence-electron chi connectivity index (χ1n) is 6.67. The number of rotatable bonds is 5. The second kappa shape index (κ2) is 6.21.